The zero-order valence-electron chi connectivity index (χ0n) is 15.9. The molecule has 3 rings (SSSR count). The standard InChI is InChI=1S/C23H20O6/c1-26-19-12-10-17(11-13-19)23(25)29-21-9-5-6-18(16-21)22(24)28-15-14-27-20-7-3-2-4-8-20/h2-13,16H,14-15H2,1H3. The van der Waals surface area contributed by atoms with E-state index in [0.717, 1.165) is 0 Å². The predicted molar refractivity (Wildman–Crippen MR) is 107 cm³/mol. The molecule has 0 aromatic heterocycles. The first-order valence-corrected chi connectivity index (χ1v) is 8.97. The molecule has 6 heteroatoms. The Labute approximate surface area is 168 Å². The topological polar surface area (TPSA) is 71.1 Å². The Morgan fingerprint density at radius 1 is 0.690 bits per heavy atom. The van der Waals surface area contributed by atoms with Crippen molar-refractivity contribution in [2.45, 2.75) is 0 Å². The zero-order chi connectivity index (χ0) is 20.5. The van der Waals surface area contributed by atoms with Crippen molar-refractivity contribution in [2.24, 2.45) is 0 Å². The maximum atomic E-state index is 12.2. The van der Waals surface area contributed by atoms with Crippen LogP contribution in [0, 0.1) is 0 Å². The second kappa shape index (κ2) is 9.94. The molecule has 0 fully saturated rings. The molecule has 0 aliphatic carbocycles. The minimum absolute atomic E-state index is 0.101. The highest BCUT2D eigenvalue weighted by Crippen LogP contribution is 2.18. The van der Waals surface area contributed by atoms with Gasteiger partial charge in [-0.3, -0.25) is 0 Å². The molecule has 0 N–H and O–H groups in total. The molecule has 3 aromatic rings. The van der Waals surface area contributed by atoms with Crippen molar-refractivity contribution < 1.29 is 28.5 Å². The Hall–Kier alpha value is -3.80. The van der Waals surface area contributed by atoms with Gasteiger partial charge in [0.2, 0.25) is 0 Å². The number of carbonyl (C=O) groups is 2. The molecule has 0 heterocycles. The summed E-state index contributed by atoms with van der Waals surface area (Å²) in [4.78, 5) is 24.4. The first kappa shape index (κ1) is 19.9. The normalized spacial score (nSPS) is 10.1. The summed E-state index contributed by atoms with van der Waals surface area (Å²) in [5.41, 5.74) is 0.654. The molecular weight excluding hydrogens is 372 g/mol. The number of methoxy groups -OCH3 is 1. The third-order valence-electron chi connectivity index (χ3n) is 3.93. The van der Waals surface area contributed by atoms with Gasteiger partial charge < -0.3 is 18.9 Å². The van der Waals surface area contributed by atoms with Gasteiger partial charge >= 0.3 is 11.9 Å². The summed E-state index contributed by atoms with van der Waals surface area (Å²) >= 11 is 0. The molecule has 29 heavy (non-hydrogen) atoms. The van der Waals surface area contributed by atoms with Crippen LogP contribution in [0.1, 0.15) is 20.7 Å². The number of hydrogen-bond donors (Lipinski definition) is 0. The highest BCUT2D eigenvalue weighted by atomic mass is 16.6. The predicted octanol–water partition coefficient (Wildman–Crippen LogP) is 4.15. The van der Waals surface area contributed by atoms with Crippen molar-refractivity contribution in [3.8, 4) is 17.2 Å². The lowest BCUT2D eigenvalue weighted by Gasteiger charge is -2.09. The summed E-state index contributed by atoms with van der Waals surface area (Å²) in [6.07, 6.45) is 0. The van der Waals surface area contributed by atoms with Gasteiger partial charge in [0.25, 0.3) is 0 Å². The molecule has 0 aliphatic rings. The molecule has 0 amide bonds. The molecule has 148 valence electrons. The van der Waals surface area contributed by atoms with E-state index < -0.39 is 11.9 Å². The van der Waals surface area contributed by atoms with Gasteiger partial charge in [-0.2, -0.15) is 0 Å². The lowest BCUT2D eigenvalue weighted by Crippen LogP contribution is -2.13. The third kappa shape index (κ3) is 5.84. The molecule has 0 radical (unpaired) electrons. The van der Waals surface area contributed by atoms with Crippen LogP contribution in [0.2, 0.25) is 0 Å². The molecule has 3 aromatic carbocycles. The van der Waals surface area contributed by atoms with Gasteiger partial charge in [0.1, 0.15) is 30.5 Å². The van der Waals surface area contributed by atoms with Crippen LogP contribution in [0.5, 0.6) is 17.2 Å². The van der Waals surface area contributed by atoms with E-state index >= 15 is 0 Å². The Balaban J connectivity index is 1.52. The Morgan fingerprint density at radius 3 is 2.14 bits per heavy atom. The number of benzene rings is 3. The van der Waals surface area contributed by atoms with Crippen LogP contribution in [0.25, 0.3) is 0 Å². The highest BCUT2D eigenvalue weighted by Gasteiger charge is 2.12. The van der Waals surface area contributed by atoms with E-state index in [4.69, 9.17) is 18.9 Å². The van der Waals surface area contributed by atoms with Crippen molar-refractivity contribution in [2.75, 3.05) is 20.3 Å². The number of esters is 2. The van der Waals surface area contributed by atoms with Gasteiger partial charge in [-0.15, -0.1) is 0 Å². The third-order valence-corrected chi connectivity index (χ3v) is 3.93. The van der Waals surface area contributed by atoms with Crippen LogP contribution in [0.15, 0.2) is 78.9 Å². The van der Waals surface area contributed by atoms with Crippen LogP contribution in [0.4, 0.5) is 0 Å². The number of ether oxygens (including phenoxy) is 4. The van der Waals surface area contributed by atoms with Gasteiger partial charge in [-0.1, -0.05) is 24.3 Å². The summed E-state index contributed by atoms with van der Waals surface area (Å²) in [5.74, 6) is 0.540. The fourth-order valence-corrected chi connectivity index (χ4v) is 2.47. The summed E-state index contributed by atoms with van der Waals surface area (Å²) in [6.45, 7) is 0.339. The van der Waals surface area contributed by atoms with E-state index in [2.05, 4.69) is 0 Å². The van der Waals surface area contributed by atoms with E-state index in [9.17, 15) is 9.59 Å². The smallest absolute Gasteiger partial charge is 0.343 e. The van der Waals surface area contributed by atoms with Crippen LogP contribution in [0.3, 0.4) is 0 Å². The van der Waals surface area contributed by atoms with Gasteiger partial charge in [0.15, 0.2) is 0 Å². The summed E-state index contributed by atoms with van der Waals surface area (Å²) in [5, 5.41) is 0. The molecule has 0 bridgehead atoms. The van der Waals surface area contributed by atoms with Gasteiger partial charge in [0.05, 0.1) is 18.2 Å². The number of para-hydroxylation sites is 1. The maximum absolute atomic E-state index is 12.2. The van der Waals surface area contributed by atoms with Gasteiger partial charge in [-0.25, -0.2) is 9.59 Å². The first-order chi connectivity index (χ1) is 14.2. The van der Waals surface area contributed by atoms with Crippen LogP contribution in [-0.4, -0.2) is 32.3 Å². The minimum atomic E-state index is -0.533. The Bertz CT molecular complexity index is 951. The quantitative estimate of drug-likeness (QED) is 0.326. The second-order valence-electron chi connectivity index (χ2n) is 5.94. The average molecular weight is 392 g/mol. The van der Waals surface area contributed by atoms with Crippen LogP contribution >= 0.6 is 0 Å². The lowest BCUT2D eigenvalue weighted by molar-refractivity contribution is 0.0449. The first-order valence-electron chi connectivity index (χ1n) is 8.97. The summed E-state index contributed by atoms with van der Waals surface area (Å²) in [6, 6.07) is 22.1. The zero-order valence-corrected chi connectivity index (χ0v) is 15.9. The maximum Gasteiger partial charge on any atom is 0.343 e. The molecule has 0 spiro atoms. The van der Waals surface area contributed by atoms with E-state index in [-0.39, 0.29) is 24.5 Å². The van der Waals surface area contributed by atoms with E-state index in [1.165, 1.54) is 6.07 Å². The highest BCUT2D eigenvalue weighted by molar-refractivity contribution is 5.92. The number of rotatable bonds is 8. The largest absolute Gasteiger partial charge is 0.497 e. The molecule has 6 nitrogen and oxygen atoms in total. The Morgan fingerprint density at radius 2 is 1.41 bits per heavy atom. The van der Waals surface area contributed by atoms with E-state index in [1.807, 2.05) is 30.3 Å². The summed E-state index contributed by atoms with van der Waals surface area (Å²) < 4.78 is 21.1. The second-order valence-corrected chi connectivity index (χ2v) is 5.94. The van der Waals surface area contributed by atoms with Crippen molar-refractivity contribution in [3.63, 3.8) is 0 Å². The lowest BCUT2D eigenvalue weighted by atomic mass is 10.2. The average Bonchev–Trinajstić information content (AvgIpc) is 2.77. The fraction of sp³-hybridized carbons (Fsp3) is 0.130. The van der Waals surface area contributed by atoms with Crippen molar-refractivity contribution in [1.29, 1.82) is 0 Å². The van der Waals surface area contributed by atoms with Gasteiger partial charge in [-0.05, 0) is 54.6 Å². The molecule has 0 aliphatic heterocycles. The number of hydrogen-bond acceptors (Lipinski definition) is 6. The molecular formula is C23H20O6. The summed E-state index contributed by atoms with van der Waals surface area (Å²) in [7, 11) is 1.55. The van der Waals surface area contributed by atoms with Crippen molar-refractivity contribution in [1.82, 2.24) is 0 Å². The van der Waals surface area contributed by atoms with Crippen molar-refractivity contribution >= 4 is 11.9 Å². The molecule has 0 saturated carbocycles. The molecule has 0 saturated heterocycles. The van der Waals surface area contributed by atoms with E-state index in [0.29, 0.717) is 17.1 Å². The van der Waals surface area contributed by atoms with Gasteiger partial charge in [0, 0.05) is 0 Å². The van der Waals surface area contributed by atoms with E-state index in [1.54, 1.807) is 49.6 Å². The molecule has 0 atom stereocenters. The fourth-order valence-electron chi connectivity index (χ4n) is 2.47. The number of carbonyl (C=O) groups excluding carboxylic acids is 2. The van der Waals surface area contributed by atoms with Crippen LogP contribution < -0.4 is 14.2 Å². The SMILES string of the molecule is COc1ccc(C(=O)Oc2cccc(C(=O)OCCOc3ccccc3)c2)cc1. The Kier molecular flexibility index (Phi) is 6.84. The minimum Gasteiger partial charge on any atom is -0.497 e. The molecule has 0 unspecified atom stereocenters. The van der Waals surface area contributed by atoms with Crippen LogP contribution in [-0.2, 0) is 4.74 Å². The van der Waals surface area contributed by atoms with Crippen molar-refractivity contribution in [3.05, 3.63) is 90.0 Å². The monoisotopic (exact) mass is 392 g/mol.